The highest BCUT2D eigenvalue weighted by molar-refractivity contribution is 5.33. The molecule has 0 radical (unpaired) electrons. The van der Waals surface area contributed by atoms with E-state index in [4.69, 9.17) is 0 Å². The van der Waals surface area contributed by atoms with Crippen LogP contribution >= 0.6 is 0 Å². The van der Waals surface area contributed by atoms with Gasteiger partial charge in [0.25, 0.3) is 0 Å². The Hall–Kier alpha value is -1.96. The van der Waals surface area contributed by atoms with Crippen molar-refractivity contribution in [2.45, 2.75) is 13.0 Å². The highest BCUT2D eigenvalue weighted by atomic mass is 16.3. The average Bonchev–Trinajstić information content (AvgIpc) is 2.31. The Bertz CT molecular complexity index is 479. The van der Waals surface area contributed by atoms with E-state index in [9.17, 15) is 4.91 Å². The van der Waals surface area contributed by atoms with Crippen molar-refractivity contribution in [3.05, 3.63) is 76.2 Å². The first-order valence-corrected chi connectivity index (χ1v) is 5.25. The van der Waals surface area contributed by atoms with Crippen LogP contribution in [0.15, 0.2) is 59.8 Å². The zero-order valence-electron chi connectivity index (χ0n) is 9.13. The fourth-order valence-electron chi connectivity index (χ4n) is 1.79. The molecule has 0 spiro atoms. The zero-order chi connectivity index (χ0) is 11.4. The van der Waals surface area contributed by atoms with Crippen LogP contribution in [-0.2, 0) is 0 Å². The maximum Gasteiger partial charge on any atom is 0.142 e. The zero-order valence-corrected chi connectivity index (χ0v) is 9.13. The number of nitrogens with zero attached hydrogens (tertiary/aromatic N) is 1. The molecule has 1 unspecified atom stereocenters. The van der Waals surface area contributed by atoms with Crippen LogP contribution in [0.1, 0.15) is 22.7 Å². The molecule has 80 valence electrons. The number of hydrogen-bond donors (Lipinski definition) is 0. The summed E-state index contributed by atoms with van der Waals surface area (Å²) in [5, 5.41) is 3.22. The summed E-state index contributed by atoms with van der Waals surface area (Å²) in [5.74, 6) is 0. The molecule has 0 aromatic heterocycles. The highest BCUT2D eigenvalue weighted by Gasteiger charge is 2.13. The molecule has 2 rings (SSSR count). The molecule has 0 amide bonds. The van der Waals surface area contributed by atoms with Gasteiger partial charge in [-0.2, -0.15) is 0 Å². The van der Waals surface area contributed by atoms with Gasteiger partial charge in [-0.3, -0.25) is 0 Å². The van der Waals surface area contributed by atoms with Crippen molar-refractivity contribution < 1.29 is 0 Å². The Morgan fingerprint density at radius 2 is 1.62 bits per heavy atom. The van der Waals surface area contributed by atoms with E-state index in [1.165, 1.54) is 0 Å². The van der Waals surface area contributed by atoms with E-state index in [0.717, 1.165) is 16.7 Å². The summed E-state index contributed by atoms with van der Waals surface area (Å²) in [6.45, 7) is 2.01. The van der Waals surface area contributed by atoms with Crippen molar-refractivity contribution in [3.8, 4) is 0 Å². The minimum atomic E-state index is -0.402. The first-order chi connectivity index (χ1) is 7.81. The topological polar surface area (TPSA) is 29.4 Å². The lowest BCUT2D eigenvalue weighted by molar-refractivity contribution is 0.862. The van der Waals surface area contributed by atoms with Gasteiger partial charge in [0.2, 0.25) is 0 Å². The SMILES string of the molecule is Cc1cccc(C(N=O)c2ccccc2)c1. The van der Waals surface area contributed by atoms with Crippen molar-refractivity contribution >= 4 is 0 Å². The first-order valence-electron chi connectivity index (χ1n) is 5.25. The van der Waals surface area contributed by atoms with E-state index in [-0.39, 0.29) is 0 Å². The Balaban J connectivity index is 2.41. The van der Waals surface area contributed by atoms with E-state index in [1.54, 1.807) is 0 Å². The molecule has 2 aromatic carbocycles. The van der Waals surface area contributed by atoms with Gasteiger partial charge in [0.15, 0.2) is 0 Å². The van der Waals surface area contributed by atoms with Gasteiger partial charge in [-0.05, 0) is 18.1 Å². The lowest BCUT2D eigenvalue weighted by Gasteiger charge is -2.10. The molecule has 0 heterocycles. The van der Waals surface area contributed by atoms with Crippen molar-refractivity contribution in [2.75, 3.05) is 0 Å². The monoisotopic (exact) mass is 211 g/mol. The number of hydrogen-bond acceptors (Lipinski definition) is 2. The third-order valence-electron chi connectivity index (χ3n) is 2.58. The quantitative estimate of drug-likeness (QED) is 0.709. The van der Waals surface area contributed by atoms with Crippen LogP contribution in [0, 0.1) is 11.8 Å². The molecule has 0 bridgehead atoms. The molecule has 2 heteroatoms. The fourth-order valence-corrected chi connectivity index (χ4v) is 1.79. The standard InChI is InChI=1S/C14H13NO/c1-11-6-5-9-13(10-11)14(15-16)12-7-3-2-4-8-12/h2-10,14H,1H3. The summed E-state index contributed by atoms with van der Waals surface area (Å²) < 4.78 is 0. The van der Waals surface area contributed by atoms with E-state index in [1.807, 2.05) is 61.5 Å². The second-order valence-corrected chi connectivity index (χ2v) is 3.83. The van der Waals surface area contributed by atoms with Crippen LogP contribution in [0.3, 0.4) is 0 Å². The highest BCUT2D eigenvalue weighted by Crippen LogP contribution is 2.25. The maximum absolute atomic E-state index is 11.0. The van der Waals surface area contributed by atoms with Crippen molar-refractivity contribution in [1.29, 1.82) is 0 Å². The summed E-state index contributed by atoms with van der Waals surface area (Å²) in [7, 11) is 0. The van der Waals surface area contributed by atoms with E-state index in [2.05, 4.69) is 5.18 Å². The molecular formula is C14H13NO. The smallest absolute Gasteiger partial charge is 0.142 e. The Kier molecular flexibility index (Phi) is 3.10. The molecule has 16 heavy (non-hydrogen) atoms. The van der Waals surface area contributed by atoms with Gasteiger partial charge in [-0.15, -0.1) is 4.91 Å². The second kappa shape index (κ2) is 4.71. The maximum atomic E-state index is 11.0. The minimum absolute atomic E-state index is 0.402. The molecule has 0 aliphatic heterocycles. The van der Waals surface area contributed by atoms with Crippen molar-refractivity contribution in [1.82, 2.24) is 0 Å². The fraction of sp³-hybridized carbons (Fsp3) is 0.143. The largest absolute Gasteiger partial charge is 0.150 e. The van der Waals surface area contributed by atoms with Crippen LogP contribution in [-0.4, -0.2) is 0 Å². The molecule has 0 aliphatic rings. The molecule has 2 nitrogen and oxygen atoms in total. The molecule has 0 fully saturated rings. The predicted molar refractivity (Wildman–Crippen MR) is 65.3 cm³/mol. The van der Waals surface area contributed by atoms with Gasteiger partial charge in [0.05, 0.1) is 0 Å². The normalized spacial score (nSPS) is 12.1. The lowest BCUT2D eigenvalue weighted by Crippen LogP contribution is -1.97. The van der Waals surface area contributed by atoms with Crippen molar-refractivity contribution in [3.63, 3.8) is 0 Å². The van der Waals surface area contributed by atoms with Gasteiger partial charge in [-0.1, -0.05) is 65.3 Å². The molecule has 0 N–H and O–H groups in total. The molecule has 0 saturated carbocycles. The molecule has 2 aromatic rings. The minimum Gasteiger partial charge on any atom is -0.150 e. The van der Waals surface area contributed by atoms with Gasteiger partial charge < -0.3 is 0 Å². The molecule has 0 aliphatic carbocycles. The Morgan fingerprint density at radius 3 is 2.25 bits per heavy atom. The third-order valence-corrected chi connectivity index (χ3v) is 2.58. The molecule has 0 saturated heterocycles. The summed E-state index contributed by atoms with van der Waals surface area (Å²) in [6, 6.07) is 17.1. The summed E-state index contributed by atoms with van der Waals surface area (Å²) in [4.78, 5) is 11.0. The number of nitroso groups, excluding NO2 is 1. The van der Waals surface area contributed by atoms with Gasteiger partial charge in [0.1, 0.15) is 6.04 Å². The average molecular weight is 211 g/mol. The third kappa shape index (κ3) is 2.16. The van der Waals surface area contributed by atoms with Crippen LogP contribution in [0.5, 0.6) is 0 Å². The predicted octanol–water partition coefficient (Wildman–Crippen LogP) is 3.85. The van der Waals surface area contributed by atoms with Crippen LogP contribution in [0.4, 0.5) is 0 Å². The van der Waals surface area contributed by atoms with Crippen LogP contribution in [0.2, 0.25) is 0 Å². The number of aryl methyl sites for hydroxylation is 1. The second-order valence-electron chi connectivity index (χ2n) is 3.83. The molecular weight excluding hydrogens is 198 g/mol. The van der Waals surface area contributed by atoms with Crippen LogP contribution in [0.25, 0.3) is 0 Å². The number of benzene rings is 2. The summed E-state index contributed by atoms with van der Waals surface area (Å²) >= 11 is 0. The summed E-state index contributed by atoms with van der Waals surface area (Å²) in [5.41, 5.74) is 3.02. The van der Waals surface area contributed by atoms with Crippen LogP contribution < -0.4 is 0 Å². The van der Waals surface area contributed by atoms with E-state index in [0.29, 0.717) is 0 Å². The Morgan fingerprint density at radius 1 is 0.938 bits per heavy atom. The number of rotatable bonds is 3. The van der Waals surface area contributed by atoms with Crippen molar-refractivity contribution in [2.24, 2.45) is 5.18 Å². The lowest BCUT2D eigenvalue weighted by atomic mass is 9.98. The first kappa shape index (κ1) is 10.6. The van der Waals surface area contributed by atoms with Gasteiger partial charge >= 0.3 is 0 Å². The molecule has 1 atom stereocenters. The van der Waals surface area contributed by atoms with Gasteiger partial charge in [0, 0.05) is 0 Å². The van der Waals surface area contributed by atoms with E-state index < -0.39 is 6.04 Å². The van der Waals surface area contributed by atoms with E-state index >= 15 is 0 Å². The Labute approximate surface area is 94.9 Å². The van der Waals surface area contributed by atoms with Gasteiger partial charge in [-0.25, -0.2) is 0 Å². The summed E-state index contributed by atoms with van der Waals surface area (Å²) in [6.07, 6.45) is 0.